The summed E-state index contributed by atoms with van der Waals surface area (Å²) in [6.07, 6.45) is 2.35. The van der Waals surface area contributed by atoms with E-state index in [1.165, 1.54) is 0 Å². The van der Waals surface area contributed by atoms with Gasteiger partial charge < -0.3 is 5.11 Å². The average molecular weight is 114 g/mol. The Morgan fingerprint density at radius 2 is 2.62 bits per heavy atom. The van der Waals surface area contributed by atoms with Gasteiger partial charge in [-0.25, -0.2) is 0 Å². The van der Waals surface area contributed by atoms with Crippen LogP contribution in [0.4, 0.5) is 0 Å². The summed E-state index contributed by atoms with van der Waals surface area (Å²) in [7, 11) is 0. The van der Waals surface area contributed by atoms with E-state index in [2.05, 4.69) is 5.10 Å². The van der Waals surface area contributed by atoms with Crippen LogP contribution in [0.2, 0.25) is 0 Å². The standard InChI is InChI=1S/C5H10N2O/c1-5(8)7-4-2-3-6-7/h3,5,8H,2,4H2,1H3. The van der Waals surface area contributed by atoms with Crippen LogP contribution in [-0.4, -0.2) is 29.1 Å². The van der Waals surface area contributed by atoms with Gasteiger partial charge in [-0.1, -0.05) is 0 Å². The van der Waals surface area contributed by atoms with E-state index in [9.17, 15) is 0 Å². The zero-order chi connectivity index (χ0) is 5.98. The van der Waals surface area contributed by atoms with E-state index < -0.39 is 6.23 Å². The highest BCUT2D eigenvalue weighted by Crippen LogP contribution is 2.01. The summed E-state index contributed by atoms with van der Waals surface area (Å²) in [4.78, 5) is 0. The molecule has 0 fully saturated rings. The Balaban J connectivity index is 2.36. The molecule has 0 aliphatic carbocycles. The third-order valence-corrected chi connectivity index (χ3v) is 1.15. The summed E-state index contributed by atoms with van der Waals surface area (Å²) in [5.41, 5.74) is 0. The predicted molar refractivity (Wildman–Crippen MR) is 31.5 cm³/mol. The molecular formula is C5H10N2O. The molecular weight excluding hydrogens is 104 g/mol. The van der Waals surface area contributed by atoms with Crippen molar-refractivity contribution in [3.63, 3.8) is 0 Å². The summed E-state index contributed by atoms with van der Waals surface area (Å²) in [6, 6.07) is 0. The van der Waals surface area contributed by atoms with E-state index in [1.54, 1.807) is 11.9 Å². The number of hydrazone groups is 1. The van der Waals surface area contributed by atoms with Gasteiger partial charge in [0.2, 0.25) is 0 Å². The van der Waals surface area contributed by atoms with Crippen molar-refractivity contribution in [1.82, 2.24) is 5.01 Å². The van der Waals surface area contributed by atoms with Crippen molar-refractivity contribution in [2.45, 2.75) is 19.6 Å². The van der Waals surface area contributed by atoms with Crippen LogP contribution in [-0.2, 0) is 0 Å². The molecule has 0 bridgehead atoms. The van der Waals surface area contributed by atoms with Crippen LogP contribution in [0.5, 0.6) is 0 Å². The van der Waals surface area contributed by atoms with E-state index >= 15 is 0 Å². The van der Waals surface area contributed by atoms with Gasteiger partial charge in [0.05, 0.1) is 0 Å². The lowest BCUT2D eigenvalue weighted by molar-refractivity contribution is 0.0292. The fourth-order valence-corrected chi connectivity index (χ4v) is 0.694. The van der Waals surface area contributed by atoms with Crippen molar-refractivity contribution in [2.24, 2.45) is 5.10 Å². The number of nitrogens with zero attached hydrogens (tertiary/aromatic N) is 2. The van der Waals surface area contributed by atoms with Gasteiger partial charge in [-0.2, -0.15) is 5.10 Å². The number of rotatable bonds is 1. The first-order valence-corrected chi connectivity index (χ1v) is 2.78. The summed E-state index contributed by atoms with van der Waals surface area (Å²) >= 11 is 0. The van der Waals surface area contributed by atoms with E-state index in [-0.39, 0.29) is 0 Å². The molecule has 0 aromatic heterocycles. The second kappa shape index (κ2) is 2.13. The molecule has 1 N–H and O–H groups in total. The lowest BCUT2D eigenvalue weighted by Crippen LogP contribution is -2.25. The maximum atomic E-state index is 8.86. The smallest absolute Gasteiger partial charge is 0.139 e. The molecule has 8 heavy (non-hydrogen) atoms. The first-order chi connectivity index (χ1) is 3.80. The van der Waals surface area contributed by atoms with Gasteiger partial charge >= 0.3 is 0 Å². The maximum absolute atomic E-state index is 8.86. The van der Waals surface area contributed by atoms with Crippen LogP contribution in [0.15, 0.2) is 5.10 Å². The molecule has 0 saturated carbocycles. The van der Waals surface area contributed by atoms with Crippen LogP contribution >= 0.6 is 0 Å². The maximum Gasteiger partial charge on any atom is 0.139 e. The van der Waals surface area contributed by atoms with Gasteiger partial charge in [0.15, 0.2) is 0 Å². The van der Waals surface area contributed by atoms with Crippen molar-refractivity contribution in [3.8, 4) is 0 Å². The van der Waals surface area contributed by atoms with Gasteiger partial charge in [-0.05, 0) is 6.92 Å². The zero-order valence-corrected chi connectivity index (χ0v) is 4.91. The minimum Gasteiger partial charge on any atom is -0.372 e. The Hall–Kier alpha value is -0.570. The van der Waals surface area contributed by atoms with Crippen LogP contribution in [0.3, 0.4) is 0 Å². The number of aliphatic hydroxyl groups is 1. The summed E-state index contributed by atoms with van der Waals surface area (Å²) in [5, 5.41) is 14.4. The van der Waals surface area contributed by atoms with Crippen molar-refractivity contribution in [3.05, 3.63) is 0 Å². The van der Waals surface area contributed by atoms with Crippen molar-refractivity contribution in [1.29, 1.82) is 0 Å². The average Bonchev–Trinajstić information content (AvgIpc) is 2.12. The molecule has 1 aliphatic rings. The van der Waals surface area contributed by atoms with Crippen LogP contribution in [0.1, 0.15) is 13.3 Å². The van der Waals surface area contributed by atoms with E-state index in [1.807, 2.05) is 6.21 Å². The van der Waals surface area contributed by atoms with Crippen molar-refractivity contribution in [2.75, 3.05) is 6.54 Å². The Labute approximate surface area is 48.6 Å². The lowest BCUT2D eigenvalue weighted by Gasteiger charge is -2.15. The molecule has 1 atom stereocenters. The minimum absolute atomic E-state index is 0.422. The SMILES string of the molecule is CC(O)N1CCC=N1. The Morgan fingerprint density at radius 3 is 2.88 bits per heavy atom. The zero-order valence-electron chi connectivity index (χ0n) is 4.91. The highest BCUT2D eigenvalue weighted by molar-refractivity contribution is 5.58. The molecule has 0 radical (unpaired) electrons. The van der Waals surface area contributed by atoms with Gasteiger partial charge in [0, 0.05) is 19.2 Å². The first-order valence-electron chi connectivity index (χ1n) is 2.78. The molecule has 0 aromatic carbocycles. The number of hydrogen-bond donors (Lipinski definition) is 1. The fourth-order valence-electron chi connectivity index (χ4n) is 0.694. The highest BCUT2D eigenvalue weighted by atomic mass is 16.3. The molecule has 1 aliphatic heterocycles. The van der Waals surface area contributed by atoms with Crippen LogP contribution < -0.4 is 0 Å². The Morgan fingerprint density at radius 1 is 1.88 bits per heavy atom. The molecule has 0 saturated heterocycles. The van der Waals surface area contributed by atoms with Crippen LogP contribution in [0, 0.1) is 0 Å². The Kier molecular flexibility index (Phi) is 1.48. The summed E-state index contributed by atoms with van der Waals surface area (Å²) < 4.78 is 0. The summed E-state index contributed by atoms with van der Waals surface area (Å²) in [5.74, 6) is 0. The number of hydrogen-bond acceptors (Lipinski definition) is 3. The molecule has 1 unspecified atom stereocenters. The van der Waals surface area contributed by atoms with Gasteiger partial charge in [0.1, 0.15) is 6.23 Å². The lowest BCUT2D eigenvalue weighted by atomic mass is 10.5. The molecule has 3 heteroatoms. The topological polar surface area (TPSA) is 35.8 Å². The minimum atomic E-state index is -0.422. The second-order valence-corrected chi connectivity index (χ2v) is 1.88. The molecule has 1 rings (SSSR count). The fraction of sp³-hybridized carbons (Fsp3) is 0.800. The third-order valence-electron chi connectivity index (χ3n) is 1.15. The summed E-state index contributed by atoms with van der Waals surface area (Å²) in [6.45, 7) is 2.57. The molecule has 0 aromatic rings. The molecule has 3 nitrogen and oxygen atoms in total. The Bertz CT molecular complexity index is 101. The van der Waals surface area contributed by atoms with Gasteiger partial charge in [-0.3, -0.25) is 5.01 Å². The van der Waals surface area contributed by atoms with Crippen LogP contribution in [0.25, 0.3) is 0 Å². The van der Waals surface area contributed by atoms with Gasteiger partial charge in [-0.15, -0.1) is 0 Å². The highest BCUT2D eigenvalue weighted by Gasteiger charge is 2.08. The predicted octanol–water partition coefficient (Wildman–Crippen LogP) is 0.0162. The van der Waals surface area contributed by atoms with Crippen molar-refractivity contribution >= 4 is 6.21 Å². The molecule has 46 valence electrons. The van der Waals surface area contributed by atoms with Gasteiger partial charge in [0.25, 0.3) is 0 Å². The second-order valence-electron chi connectivity index (χ2n) is 1.88. The third kappa shape index (κ3) is 0.980. The quantitative estimate of drug-likeness (QED) is 0.521. The molecule has 0 amide bonds. The van der Waals surface area contributed by atoms with E-state index in [0.717, 1.165) is 13.0 Å². The van der Waals surface area contributed by atoms with E-state index in [4.69, 9.17) is 5.11 Å². The van der Waals surface area contributed by atoms with Crippen molar-refractivity contribution < 1.29 is 5.11 Å². The van der Waals surface area contributed by atoms with E-state index in [0.29, 0.717) is 0 Å². The first kappa shape index (κ1) is 5.56. The normalized spacial score (nSPS) is 22.0. The molecule has 0 spiro atoms. The largest absolute Gasteiger partial charge is 0.372 e. The number of aliphatic hydroxyl groups excluding tert-OH is 1. The molecule has 1 heterocycles. The monoisotopic (exact) mass is 114 g/mol.